The first-order chi connectivity index (χ1) is 12.0. The molecule has 1 unspecified atom stereocenters. The number of benzene rings is 2. The standard InChI is InChI=1S/C19H18ClN3O2/c1-2-13(22-14-6-4-12(20)5-7-14)10-16-15-8-3-11(18(21)24)9-17(15)23-19(16)25/h3-10,13,22H,2H2,1H3,(H2,21,24)(H,23,25). The van der Waals surface area contributed by atoms with E-state index in [-0.39, 0.29) is 11.9 Å². The van der Waals surface area contributed by atoms with Gasteiger partial charge in [-0.2, -0.15) is 0 Å². The van der Waals surface area contributed by atoms with Crippen LogP contribution in [0.4, 0.5) is 11.4 Å². The molecule has 0 fully saturated rings. The van der Waals surface area contributed by atoms with Gasteiger partial charge in [-0.05, 0) is 48.9 Å². The van der Waals surface area contributed by atoms with Gasteiger partial charge in [0.05, 0.1) is 0 Å². The molecule has 1 atom stereocenters. The van der Waals surface area contributed by atoms with Crippen LogP contribution < -0.4 is 16.4 Å². The third kappa shape index (κ3) is 3.67. The lowest BCUT2D eigenvalue weighted by Gasteiger charge is -2.15. The summed E-state index contributed by atoms with van der Waals surface area (Å²) in [4.78, 5) is 23.6. The molecule has 2 aromatic rings. The summed E-state index contributed by atoms with van der Waals surface area (Å²) in [5.41, 5.74) is 8.54. The number of carbonyl (C=O) groups excluding carboxylic acids is 2. The number of nitrogens with one attached hydrogen (secondary N) is 2. The van der Waals surface area contributed by atoms with E-state index in [0.29, 0.717) is 21.8 Å². The summed E-state index contributed by atoms with van der Waals surface area (Å²) in [6, 6.07) is 12.4. The van der Waals surface area contributed by atoms with E-state index in [4.69, 9.17) is 17.3 Å². The van der Waals surface area contributed by atoms with Gasteiger partial charge in [-0.15, -0.1) is 0 Å². The van der Waals surface area contributed by atoms with Gasteiger partial charge in [0.25, 0.3) is 5.91 Å². The maximum absolute atomic E-state index is 12.3. The second kappa shape index (κ2) is 6.99. The van der Waals surface area contributed by atoms with Crippen molar-refractivity contribution in [3.63, 3.8) is 0 Å². The summed E-state index contributed by atoms with van der Waals surface area (Å²) in [5.74, 6) is -0.710. The Balaban J connectivity index is 1.88. The molecule has 0 spiro atoms. The van der Waals surface area contributed by atoms with Gasteiger partial charge in [-0.1, -0.05) is 24.6 Å². The maximum Gasteiger partial charge on any atom is 0.256 e. The van der Waals surface area contributed by atoms with E-state index in [1.807, 2.05) is 37.3 Å². The van der Waals surface area contributed by atoms with Gasteiger partial charge >= 0.3 is 0 Å². The first-order valence-electron chi connectivity index (χ1n) is 7.97. The van der Waals surface area contributed by atoms with Crippen LogP contribution >= 0.6 is 11.6 Å². The van der Waals surface area contributed by atoms with Crippen molar-refractivity contribution in [2.75, 3.05) is 10.6 Å². The number of nitrogens with two attached hydrogens (primary N) is 1. The monoisotopic (exact) mass is 355 g/mol. The molecule has 5 nitrogen and oxygen atoms in total. The Morgan fingerprint density at radius 1 is 1.28 bits per heavy atom. The molecule has 4 N–H and O–H groups in total. The molecule has 25 heavy (non-hydrogen) atoms. The highest BCUT2D eigenvalue weighted by molar-refractivity contribution is 6.32. The Morgan fingerprint density at radius 2 is 2.00 bits per heavy atom. The Kier molecular flexibility index (Phi) is 4.76. The van der Waals surface area contributed by atoms with Crippen LogP contribution in [-0.4, -0.2) is 17.9 Å². The number of halogens is 1. The summed E-state index contributed by atoms with van der Waals surface area (Å²) in [6.45, 7) is 2.04. The predicted octanol–water partition coefficient (Wildman–Crippen LogP) is 3.67. The molecule has 2 aromatic carbocycles. The maximum atomic E-state index is 12.3. The molecular weight excluding hydrogens is 338 g/mol. The Morgan fingerprint density at radius 3 is 2.64 bits per heavy atom. The molecule has 3 rings (SSSR count). The van der Waals surface area contributed by atoms with Crippen molar-refractivity contribution in [1.82, 2.24) is 0 Å². The summed E-state index contributed by atoms with van der Waals surface area (Å²) in [5, 5.41) is 6.83. The van der Waals surface area contributed by atoms with Crippen molar-refractivity contribution >= 4 is 40.4 Å². The lowest BCUT2D eigenvalue weighted by Crippen LogP contribution is -2.17. The molecule has 1 heterocycles. The number of rotatable bonds is 5. The molecule has 128 valence electrons. The van der Waals surface area contributed by atoms with Gasteiger partial charge in [-0.25, -0.2) is 0 Å². The fraction of sp³-hybridized carbons (Fsp3) is 0.158. The van der Waals surface area contributed by atoms with Crippen LogP contribution in [0, 0.1) is 0 Å². The number of anilines is 2. The van der Waals surface area contributed by atoms with E-state index in [0.717, 1.165) is 17.7 Å². The smallest absolute Gasteiger partial charge is 0.256 e. The second-order valence-electron chi connectivity index (χ2n) is 5.83. The highest BCUT2D eigenvalue weighted by Crippen LogP contribution is 2.33. The quantitative estimate of drug-likeness (QED) is 0.715. The normalized spacial score (nSPS) is 15.6. The summed E-state index contributed by atoms with van der Waals surface area (Å²) >= 11 is 5.90. The van der Waals surface area contributed by atoms with Gasteiger partial charge in [0.2, 0.25) is 5.91 Å². The van der Waals surface area contributed by atoms with E-state index >= 15 is 0 Å². The molecule has 0 saturated carbocycles. The lowest BCUT2D eigenvalue weighted by atomic mass is 10.0. The van der Waals surface area contributed by atoms with Crippen molar-refractivity contribution in [2.24, 2.45) is 5.73 Å². The zero-order valence-electron chi connectivity index (χ0n) is 13.7. The van der Waals surface area contributed by atoms with Crippen LogP contribution in [0.5, 0.6) is 0 Å². The summed E-state index contributed by atoms with van der Waals surface area (Å²) < 4.78 is 0. The fourth-order valence-electron chi connectivity index (χ4n) is 2.74. The number of carbonyl (C=O) groups is 2. The zero-order valence-corrected chi connectivity index (χ0v) is 14.4. The predicted molar refractivity (Wildman–Crippen MR) is 101 cm³/mol. The summed E-state index contributed by atoms with van der Waals surface area (Å²) in [7, 11) is 0. The molecule has 2 amide bonds. The van der Waals surface area contributed by atoms with Crippen molar-refractivity contribution in [3.05, 3.63) is 64.7 Å². The Labute approximate surface area is 150 Å². The third-order valence-electron chi connectivity index (χ3n) is 4.09. The van der Waals surface area contributed by atoms with Crippen molar-refractivity contribution in [3.8, 4) is 0 Å². The average molecular weight is 356 g/mol. The van der Waals surface area contributed by atoms with E-state index in [2.05, 4.69) is 10.6 Å². The van der Waals surface area contributed by atoms with Gasteiger partial charge in [0.15, 0.2) is 0 Å². The van der Waals surface area contributed by atoms with Gasteiger partial charge in [-0.3, -0.25) is 9.59 Å². The van der Waals surface area contributed by atoms with Crippen molar-refractivity contribution in [2.45, 2.75) is 19.4 Å². The minimum atomic E-state index is -0.523. The molecule has 1 aliphatic rings. The van der Waals surface area contributed by atoms with Crippen molar-refractivity contribution < 1.29 is 9.59 Å². The van der Waals surface area contributed by atoms with E-state index in [9.17, 15) is 9.59 Å². The van der Waals surface area contributed by atoms with Crippen LogP contribution in [-0.2, 0) is 4.79 Å². The Bertz CT molecular complexity index is 859. The van der Waals surface area contributed by atoms with Crippen LogP contribution in [0.25, 0.3) is 5.57 Å². The average Bonchev–Trinajstić information content (AvgIpc) is 2.90. The van der Waals surface area contributed by atoms with Crippen LogP contribution in [0.1, 0.15) is 29.3 Å². The van der Waals surface area contributed by atoms with Gasteiger partial charge < -0.3 is 16.4 Å². The summed E-state index contributed by atoms with van der Waals surface area (Å²) in [6.07, 6.45) is 2.70. The van der Waals surface area contributed by atoms with E-state index < -0.39 is 5.91 Å². The van der Waals surface area contributed by atoms with E-state index in [1.165, 1.54) is 0 Å². The van der Waals surface area contributed by atoms with Crippen molar-refractivity contribution in [1.29, 1.82) is 0 Å². The molecule has 0 bridgehead atoms. The van der Waals surface area contributed by atoms with E-state index in [1.54, 1.807) is 18.2 Å². The lowest BCUT2D eigenvalue weighted by molar-refractivity contribution is -0.110. The number of fused-ring (bicyclic) bond motifs is 1. The van der Waals surface area contributed by atoms with Crippen LogP contribution in [0.2, 0.25) is 5.02 Å². The third-order valence-corrected chi connectivity index (χ3v) is 4.34. The molecule has 0 aliphatic carbocycles. The minimum absolute atomic E-state index is 0.0244. The number of amides is 2. The highest BCUT2D eigenvalue weighted by Gasteiger charge is 2.25. The minimum Gasteiger partial charge on any atom is -0.379 e. The molecule has 0 radical (unpaired) electrons. The van der Waals surface area contributed by atoms with Gasteiger partial charge in [0, 0.05) is 39.1 Å². The number of hydrogen-bond donors (Lipinski definition) is 3. The van der Waals surface area contributed by atoms with Crippen LogP contribution in [0.3, 0.4) is 0 Å². The zero-order chi connectivity index (χ0) is 18.0. The number of primary amides is 1. The second-order valence-corrected chi connectivity index (χ2v) is 6.26. The first kappa shape index (κ1) is 17.0. The molecule has 6 heteroatoms. The Hall–Kier alpha value is -2.79. The molecular formula is C19H18ClN3O2. The molecule has 1 aliphatic heterocycles. The largest absolute Gasteiger partial charge is 0.379 e. The molecule has 0 aromatic heterocycles. The fourth-order valence-corrected chi connectivity index (χ4v) is 2.86. The number of hydrogen-bond acceptors (Lipinski definition) is 3. The topological polar surface area (TPSA) is 84.2 Å². The van der Waals surface area contributed by atoms with Gasteiger partial charge in [0.1, 0.15) is 0 Å². The highest BCUT2D eigenvalue weighted by atomic mass is 35.5. The van der Waals surface area contributed by atoms with Crippen LogP contribution in [0.15, 0.2) is 48.5 Å². The first-order valence-corrected chi connectivity index (χ1v) is 8.35. The molecule has 0 saturated heterocycles. The SMILES string of the molecule is CCC(C=C1C(=O)Nc2cc(C(N)=O)ccc21)Nc1ccc(Cl)cc1.